The molecule has 4 N–H and O–H groups in total. The molecule has 1 aromatic carbocycles. The molecule has 0 radical (unpaired) electrons. The summed E-state index contributed by atoms with van der Waals surface area (Å²) < 4.78 is 5.73. The standard InChI is InChI=1S/C12H18N2O2/c1-4-12(2,3)16-8-5-6-10(13)9(7-8)11(14)15/h5-7H,4,13H2,1-3H3,(H2,14,15). The van der Waals surface area contributed by atoms with E-state index in [0.29, 0.717) is 17.0 Å². The molecule has 16 heavy (non-hydrogen) atoms. The summed E-state index contributed by atoms with van der Waals surface area (Å²) >= 11 is 0. The first kappa shape index (κ1) is 12.4. The third-order valence-corrected chi connectivity index (χ3v) is 2.54. The first-order valence-corrected chi connectivity index (χ1v) is 5.24. The molecule has 0 aromatic heterocycles. The van der Waals surface area contributed by atoms with Gasteiger partial charge in [0.2, 0.25) is 0 Å². The van der Waals surface area contributed by atoms with Crippen molar-refractivity contribution in [2.45, 2.75) is 32.8 Å². The minimum Gasteiger partial charge on any atom is -0.488 e. The number of nitrogen functional groups attached to an aromatic ring is 1. The van der Waals surface area contributed by atoms with E-state index in [9.17, 15) is 4.79 Å². The fourth-order valence-electron chi connectivity index (χ4n) is 1.20. The van der Waals surface area contributed by atoms with Crippen LogP contribution in [-0.2, 0) is 0 Å². The van der Waals surface area contributed by atoms with Crippen molar-refractivity contribution in [3.05, 3.63) is 23.8 Å². The van der Waals surface area contributed by atoms with Crippen LogP contribution < -0.4 is 16.2 Å². The maximum atomic E-state index is 11.1. The van der Waals surface area contributed by atoms with E-state index in [1.807, 2.05) is 20.8 Å². The summed E-state index contributed by atoms with van der Waals surface area (Å²) in [7, 11) is 0. The third-order valence-electron chi connectivity index (χ3n) is 2.54. The van der Waals surface area contributed by atoms with Crippen LogP contribution in [0.4, 0.5) is 5.69 Å². The zero-order chi connectivity index (χ0) is 12.3. The lowest BCUT2D eigenvalue weighted by atomic mass is 10.1. The van der Waals surface area contributed by atoms with E-state index in [1.54, 1.807) is 18.2 Å². The number of carbonyl (C=O) groups excluding carboxylic acids is 1. The van der Waals surface area contributed by atoms with Gasteiger partial charge in [0.1, 0.15) is 11.4 Å². The SMILES string of the molecule is CCC(C)(C)Oc1ccc(N)c(C(N)=O)c1. The van der Waals surface area contributed by atoms with Crippen LogP contribution >= 0.6 is 0 Å². The number of primary amides is 1. The molecule has 1 rings (SSSR count). The predicted molar refractivity (Wildman–Crippen MR) is 64.4 cm³/mol. The van der Waals surface area contributed by atoms with Crippen molar-refractivity contribution in [3.8, 4) is 5.75 Å². The van der Waals surface area contributed by atoms with E-state index in [4.69, 9.17) is 16.2 Å². The quantitative estimate of drug-likeness (QED) is 0.764. The topological polar surface area (TPSA) is 78.3 Å². The summed E-state index contributed by atoms with van der Waals surface area (Å²) in [4.78, 5) is 11.1. The second-order valence-electron chi connectivity index (χ2n) is 4.33. The average Bonchev–Trinajstić information content (AvgIpc) is 2.20. The Labute approximate surface area is 95.6 Å². The molecule has 0 atom stereocenters. The Morgan fingerprint density at radius 1 is 1.44 bits per heavy atom. The largest absolute Gasteiger partial charge is 0.488 e. The summed E-state index contributed by atoms with van der Waals surface area (Å²) in [6.45, 7) is 5.99. The first-order chi connectivity index (χ1) is 7.35. The summed E-state index contributed by atoms with van der Waals surface area (Å²) in [5, 5.41) is 0. The van der Waals surface area contributed by atoms with Crippen LogP contribution in [0.5, 0.6) is 5.75 Å². The number of anilines is 1. The Bertz CT molecular complexity index is 400. The van der Waals surface area contributed by atoms with Gasteiger partial charge in [0, 0.05) is 5.69 Å². The summed E-state index contributed by atoms with van der Waals surface area (Å²) in [5.41, 5.74) is 11.2. The van der Waals surface area contributed by atoms with Crippen molar-refractivity contribution in [1.82, 2.24) is 0 Å². The van der Waals surface area contributed by atoms with Crippen molar-refractivity contribution >= 4 is 11.6 Å². The molecule has 4 heteroatoms. The highest BCUT2D eigenvalue weighted by Crippen LogP contribution is 2.24. The number of amides is 1. The molecule has 0 saturated carbocycles. The molecule has 0 aliphatic rings. The number of rotatable bonds is 4. The minimum atomic E-state index is -0.544. The highest BCUT2D eigenvalue weighted by molar-refractivity contribution is 5.98. The van der Waals surface area contributed by atoms with Crippen molar-refractivity contribution < 1.29 is 9.53 Å². The lowest BCUT2D eigenvalue weighted by Gasteiger charge is -2.25. The lowest BCUT2D eigenvalue weighted by molar-refractivity contribution is 0.0986. The molecular formula is C12H18N2O2. The number of carbonyl (C=O) groups is 1. The van der Waals surface area contributed by atoms with E-state index < -0.39 is 5.91 Å². The molecule has 0 fully saturated rings. The van der Waals surface area contributed by atoms with Crippen molar-refractivity contribution in [2.75, 3.05) is 5.73 Å². The zero-order valence-electron chi connectivity index (χ0n) is 9.91. The van der Waals surface area contributed by atoms with Crippen LogP contribution in [0.1, 0.15) is 37.6 Å². The van der Waals surface area contributed by atoms with Crippen molar-refractivity contribution in [2.24, 2.45) is 5.73 Å². The van der Waals surface area contributed by atoms with Gasteiger partial charge in [-0.05, 0) is 38.5 Å². The smallest absolute Gasteiger partial charge is 0.250 e. The Morgan fingerprint density at radius 3 is 2.56 bits per heavy atom. The molecule has 0 bridgehead atoms. The molecule has 0 aliphatic heterocycles. The minimum absolute atomic E-state index is 0.273. The molecule has 1 amide bonds. The van der Waals surface area contributed by atoms with Crippen LogP contribution in [0.3, 0.4) is 0 Å². The fourth-order valence-corrected chi connectivity index (χ4v) is 1.20. The molecule has 0 unspecified atom stereocenters. The highest BCUT2D eigenvalue weighted by atomic mass is 16.5. The highest BCUT2D eigenvalue weighted by Gasteiger charge is 2.17. The van der Waals surface area contributed by atoms with E-state index in [2.05, 4.69) is 0 Å². The monoisotopic (exact) mass is 222 g/mol. The molecule has 1 aromatic rings. The van der Waals surface area contributed by atoms with Gasteiger partial charge in [0.05, 0.1) is 5.56 Å². The number of hydrogen-bond donors (Lipinski definition) is 2. The number of nitrogens with two attached hydrogens (primary N) is 2. The van der Waals surface area contributed by atoms with Crippen LogP contribution in [0.25, 0.3) is 0 Å². The Morgan fingerprint density at radius 2 is 2.06 bits per heavy atom. The summed E-state index contributed by atoms with van der Waals surface area (Å²) in [5.74, 6) is 0.0621. The van der Waals surface area contributed by atoms with Gasteiger partial charge in [-0.1, -0.05) is 6.92 Å². The van der Waals surface area contributed by atoms with E-state index in [1.165, 1.54) is 0 Å². The van der Waals surface area contributed by atoms with Crippen LogP contribution in [0.15, 0.2) is 18.2 Å². The van der Waals surface area contributed by atoms with Gasteiger partial charge in [-0.2, -0.15) is 0 Å². The molecule has 4 nitrogen and oxygen atoms in total. The summed E-state index contributed by atoms with van der Waals surface area (Å²) in [6.07, 6.45) is 0.864. The van der Waals surface area contributed by atoms with Crippen molar-refractivity contribution in [1.29, 1.82) is 0 Å². The van der Waals surface area contributed by atoms with Crippen LogP contribution in [0, 0.1) is 0 Å². The van der Waals surface area contributed by atoms with Gasteiger partial charge in [-0.15, -0.1) is 0 Å². The molecule has 88 valence electrons. The van der Waals surface area contributed by atoms with Crippen LogP contribution in [0.2, 0.25) is 0 Å². The maximum Gasteiger partial charge on any atom is 0.250 e. The van der Waals surface area contributed by atoms with Gasteiger partial charge < -0.3 is 16.2 Å². The third kappa shape index (κ3) is 2.89. The maximum absolute atomic E-state index is 11.1. The first-order valence-electron chi connectivity index (χ1n) is 5.24. The second-order valence-corrected chi connectivity index (χ2v) is 4.33. The van der Waals surface area contributed by atoms with Gasteiger partial charge in [-0.3, -0.25) is 4.79 Å². The number of benzene rings is 1. The Hall–Kier alpha value is -1.71. The Balaban J connectivity index is 3.00. The molecular weight excluding hydrogens is 204 g/mol. The second kappa shape index (κ2) is 4.43. The van der Waals surface area contributed by atoms with Gasteiger partial charge >= 0.3 is 0 Å². The lowest BCUT2D eigenvalue weighted by Crippen LogP contribution is -2.27. The normalized spacial score (nSPS) is 11.2. The summed E-state index contributed by atoms with van der Waals surface area (Å²) in [6, 6.07) is 4.94. The zero-order valence-corrected chi connectivity index (χ0v) is 9.91. The number of ether oxygens (including phenoxy) is 1. The van der Waals surface area contributed by atoms with E-state index >= 15 is 0 Å². The molecule has 0 aliphatic carbocycles. The molecule has 0 saturated heterocycles. The number of hydrogen-bond acceptors (Lipinski definition) is 3. The average molecular weight is 222 g/mol. The van der Waals surface area contributed by atoms with E-state index in [-0.39, 0.29) is 5.60 Å². The van der Waals surface area contributed by atoms with E-state index in [0.717, 1.165) is 6.42 Å². The fraction of sp³-hybridized carbons (Fsp3) is 0.417. The van der Waals surface area contributed by atoms with Crippen molar-refractivity contribution in [3.63, 3.8) is 0 Å². The van der Waals surface area contributed by atoms with Gasteiger partial charge in [0.25, 0.3) is 5.91 Å². The van der Waals surface area contributed by atoms with Gasteiger partial charge in [0.15, 0.2) is 0 Å². The Kier molecular flexibility index (Phi) is 3.42. The predicted octanol–water partition coefficient (Wildman–Crippen LogP) is 1.94. The molecule has 0 spiro atoms. The van der Waals surface area contributed by atoms with Crippen LogP contribution in [-0.4, -0.2) is 11.5 Å². The van der Waals surface area contributed by atoms with Gasteiger partial charge in [-0.25, -0.2) is 0 Å². The molecule has 0 heterocycles.